The van der Waals surface area contributed by atoms with Crippen LogP contribution in [-0.4, -0.2) is 17.4 Å². The first-order valence-electron chi connectivity index (χ1n) is 6.12. The Kier molecular flexibility index (Phi) is 5.58. The first kappa shape index (κ1) is 14.3. The highest BCUT2D eigenvalue weighted by atomic mass is 35.5. The van der Waals surface area contributed by atoms with Crippen molar-refractivity contribution in [3.63, 3.8) is 0 Å². The Morgan fingerprint density at radius 2 is 1.84 bits per heavy atom. The molecule has 2 aromatic rings. The highest BCUT2D eigenvalue weighted by Crippen LogP contribution is 2.24. The molecule has 2 N–H and O–H groups in total. The summed E-state index contributed by atoms with van der Waals surface area (Å²) in [6.45, 7) is 1.45. The standard InChI is InChI=1S/C15H16ClNOS/c16-14-7-4-8-15(18)13(14)11-17-9-10-19-12-5-2-1-3-6-12/h1-8,17-18H,9-11H2. The average Bonchev–Trinajstić information content (AvgIpc) is 2.42. The smallest absolute Gasteiger partial charge is 0.121 e. The van der Waals surface area contributed by atoms with Crippen LogP contribution in [0.5, 0.6) is 5.75 Å². The molecule has 0 aliphatic carbocycles. The van der Waals surface area contributed by atoms with Crippen LogP contribution in [-0.2, 0) is 6.54 Å². The van der Waals surface area contributed by atoms with Crippen molar-refractivity contribution in [3.05, 3.63) is 59.1 Å². The Balaban J connectivity index is 1.73. The molecule has 0 fully saturated rings. The summed E-state index contributed by atoms with van der Waals surface area (Å²) in [7, 11) is 0. The fraction of sp³-hybridized carbons (Fsp3) is 0.200. The van der Waals surface area contributed by atoms with Gasteiger partial charge in [-0.15, -0.1) is 11.8 Å². The van der Waals surface area contributed by atoms with Crippen LogP contribution in [0.1, 0.15) is 5.56 Å². The van der Waals surface area contributed by atoms with Gasteiger partial charge in [-0.3, -0.25) is 0 Å². The molecule has 2 aromatic carbocycles. The molecule has 0 amide bonds. The molecular weight excluding hydrogens is 278 g/mol. The number of rotatable bonds is 6. The molecule has 0 spiro atoms. The number of thioether (sulfide) groups is 1. The normalized spacial score (nSPS) is 10.6. The average molecular weight is 294 g/mol. The first-order chi connectivity index (χ1) is 9.27. The predicted octanol–water partition coefficient (Wildman–Crippen LogP) is 3.93. The van der Waals surface area contributed by atoms with Gasteiger partial charge < -0.3 is 10.4 Å². The largest absolute Gasteiger partial charge is 0.508 e. The van der Waals surface area contributed by atoms with Gasteiger partial charge in [0.05, 0.1) is 0 Å². The van der Waals surface area contributed by atoms with Gasteiger partial charge in [-0.1, -0.05) is 35.9 Å². The summed E-state index contributed by atoms with van der Waals surface area (Å²) in [4.78, 5) is 1.27. The van der Waals surface area contributed by atoms with Crippen molar-refractivity contribution in [1.29, 1.82) is 0 Å². The van der Waals surface area contributed by atoms with Gasteiger partial charge in [-0.2, -0.15) is 0 Å². The lowest BCUT2D eigenvalue weighted by atomic mass is 10.2. The van der Waals surface area contributed by atoms with Gasteiger partial charge in [-0.25, -0.2) is 0 Å². The molecule has 2 rings (SSSR count). The molecule has 0 unspecified atom stereocenters. The third-order valence-corrected chi connectivity index (χ3v) is 4.05. The maximum Gasteiger partial charge on any atom is 0.121 e. The highest BCUT2D eigenvalue weighted by molar-refractivity contribution is 7.99. The molecule has 0 aromatic heterocycles. The highest BCUT2D eigenvalue weighted by Gasteiger charge is 2.04. The molecule has 19 heavy (non-hydrogen) atoms. The van der Waals surface area contributed by atoms with Crippen LogP contribution in [0.3, 0.4) is 0 Å². The van der Waals surface area contributed by atoms with Crippen LogP contribution in [0.25, 0.3) is 0 Å². The summed E-state index contributed by atoms with van der Waals surface area (Å²) in [6.07, 6.45) is 0. The molecule has 100 valence electrons. The number of hydrogen-bond donors (Lipinski definition) is 2. The Morgan fingerprint density at radius 1 is 1.05 bits per heavy atom. The Morgan fingerprint density at radius 3 is 2.58 bits per heavy atom. The molecular formula is C15H16ClNOS. The Hall–Kier alpha value is -1.16. The fourth-order valence-corrected chi connectivity index (χ4v) is 2.76. The minimum Gasteiger partial charge on any atom is -0.508 e. The Bertz CT molecular complexity index is 499. The summed E-state index contributed by atoms with van der Waals surface area (Å²) in [5, 5.41) is 13.6. The van der Waals surface area contributed by atoms with E-state index in [1.807, 2.05) is 18.2 Å². The van der Waals surface area contributed by atoms with Gasteiger partial charge in [0.1, 0.15) is 5.75 Å². The number of benzene rings is 2. The molecule has 0 radical (unpaired) electrons. The van der Waals surface area contributed by atoms with Crippen molar-refractivity contribution in [2.75, 3.05) is 12.3 Å². The molecule has 0 atom stereocenters. The van der Waals surface area contributed by atoms with E-state index in [4.69, 9.17) is 11.6 Å². The van der Waals surface area contributed by atoms with Gasteiger partial charge in [0, 0.05) is 34.3 Å². The van der Waals surface area contributed by atoms with E-state index in [1.165, 1.54) is 4.90 Å². The van der Waals surface area contributed by atoms with Crippen molar-refractivity contribution in [3.8, 4) is 5.75 Å². The first-order valence-corrected chi connectivity index (χ1v) is 7.48. The summed E-state index contributed by atoms with van der Waals surface area (Å²) >= 11 is 7.84. The quantitative estimate of drug-likeness (QED) is 0.625. The molecule has 0 saturated carbocycles. The van der Waals surface area contributed by atoms with Crippen molar-refractivity contribution in [2.45, 2.75) is 11.4 Å². The number of aromatic hydroxyl groups is 1. The number of phenolic OH excluding ortho intramolecular Hbond substituents is 1. The van der Waals surface area contributed by atoms with E-state index in [-0.39, 0.29) is 5.75 Å². The van der Waals surface area contributed by atoms with Crippen molar-refractivity contribution in [1.82, 2.24) is 5.32 Å². The molecule has 4 heteroatoms. The van der Waals surface area contributed by atoms with Crippen LogP contribution in [0.15, 0.2) is 53.4 Å². The SMILES string of the molecule is Oc1cccc(Cl)c1CNCCSc1ccccc1. The van der Waals surface area contributed by atoms with E-state index in [1.54, 1.807) is 30.0 Å². The van der Waals surface area contributed by atoms with E-state index in [0.717, 1.165) is 17.9 Å². The lowest BCUT2D eigenvalue weighted by Gasteiger charge is -2.08. The summed E-state index contributed by atoms with van der Waals surface area (Å²) < 4.78 is 0. The van der Waals surface area contributed by atoms with Crippen molar-refractivity contribution < 1.29 is 5.11 Å². The van der Waals surface area contributed by atoms with E-state index < -0.39 is 0 Å². The zero-order valence-corrected chi connectivity index (χ0v) is 12.0. The predicted molar refractivity (Wildman–Crippen MR) is 82.0 cm³/mol. The summed E-state index contributed by atoms with van der Waals surface area (Å²) in [5.41, 5.74) is 0.758. The maximum atomic E-state index is 9.70. The van der Waals surface area contributed by atoms with Gasteiger partial charge in [0.25, 0.3) is 0 Å². The van der Waals surface area contributed by atoms with E-state index in [9.17, 15) is 5.11 Å². The van der Waals surface area contributed by atoms with Crippen LogP contribution in [0, 0.1) is 0 Å². The van der Waals surface area contributed by atoms with Gasteiger partial charge >= 0.3 is 0 Å². The van der Waals surface area contributed by atoms with E-state index in [0.29, 0.717) is 11.6 Å². The molecule has 0 aliphatic rings. The van der Waals surface area contributed by atoms with Gasteiger partial charge in [0.2, 0.25) is 0 Å². The van der Waals surface area contributed by atoms with Crippen molar-refractivity contribution >= 4 is 23.4 Å². The fourth-order valence-electron chi connectivity index (χ4n) is 1.69. The Labute approximate surface area is 122 Å². The second kappa shape index (κ2) is 7.43. The zero-order valence-electron chi connectivity index (χ0n) is 10.5. The maximum absolute atomic E-state index is 9.70. The van der Waals surface area contributed by atoms with Gasteiger partial charge in [0.15, 0.2) is 0 Å². The lowest BCUT2D eigenvalue weighted by molar-refractivity contribution is 0.465. The van der Waals surface area contributed by atoms with Crippen LogP contribution >= 0.6 is 23.4 Å². The van der Waals surface area contributed by atoms with Crippen molar-refractivity contribution in [2.24, 2.45) is 0 Å². The third-order valence-electron chi connectivity index (χ3n) is 2.69. The van der Waals surface area contributed by atoms with Crippen LogP contribution in [0.4, 0.5) is 0 Å². The molecule has 0 bridgehead atoms. The van der Waals surface area contributed by atoms with Gasteiger partial charge in [-0.05, 0) is 24.3 Å². The monoisotopic (exact) mass is 293 g/mol. The minimum absolute atomic E-state index is 0.246. The minimum atomic E-state index is 0.246. The third kappa shape index (κ3) is 4.46. The second-order valence-corrected chi connectivity index (χ2v) is 5.65. The second-order valence-electron chi connectivity index (χ2n) is 4.08. The summed E-state index contributed by atoms with van der Waals surface area (Å²) in [5.74, 6) is 1.23. The van der Waals surface area contributed by atoms with E-state index in [2.05, 4.69) is 17.4 Å². The molecule has 2 nitrogen and oxygen atoms in total. The number of hydrogen-bond acceptors (Lipinski definition) is 3. The lowest BCUT2D eigenvalue weighted by Crippen LogP contribution is -2.16. The number of nitrogens with one attached hydrogen (secondary N) is 1. The number of halogens is 1. The molecule has 0 saturated heterocycles. The van der Waals surface area contributed by atoms with E-state index >= 15 is 0 Å². The van der Waals surface area contributed by atoms with Crippen LogP contribution in [0.2, 0.25) is 5.02 Å². The zero-order chi connectivity index (χ0) is 13.5. The van der Waals surface area contributed by atoms with Crippen LogP contribution < -0.4 is 5.32 Å². The molecule has 0 heterocycles. The summed E-state index contributed by atoms with van der Waals surface area (Å²) in [6, 6.07) is 15.5. The topological polar surface area (TPSA) is 32.3 Å². The number of phenols is 1. The molecule has 0 aliphatic heterocycles.